The second-order valence-electron chi connectivity index (χ2n) is 8.95. The fourth-order valence-electron chi connectivity index (χ4n) is 4.39. The molecular formula is C25H32N2O4S. The van der Waals surface area contributed by atoms with Crippen molar-refractivity contribution in [1.29, 1.82) is 0 Å². The van der Waals surface area contributed by atoms with Gasteiger partial charge in [0.1, 0.15) is 5.75 Å². The van der Waals surface area contributed by atoms with Gasteiger partial charge in [-0.2, -0.15) is 4.31 Å². The van der Waals surface area contributed by atoms with Gasteiger partial charge >= 0.3 is 0 Å². The highest BCUT2D eigenvalue weighted by molar-refractivity contribution is 7.89. The van der Waals surface area contributed by atoms with Gasteiger partial charge in [0.2, 0.25) is 10.0 Å². The van der Waals surface area contributed by atoms with Crippen molar-refractivity contribution >= 4 is 15.9 Å². The van der Waals surface area contributed by atoms with E-state index in [1.54, 1.807) is 29.6 Å². The first-order chi connectivity index (χ1) is 15.3. The zero-order valence-corrected chi connectivity index (χ0v) is 19.9. The van der Waals surface area contributed by atoms with Gasteiger partial charge in [0.05, 0.1) is 12.0 Å². The summed E-state index contributed by atoms with van der Waals surface area (Å²) in [5.41, 5.74) is 2.28. The zero-order valence-electron chi connectivity index (χ0n) is 19.1. The summed E-state index contributed by atoms with van der Waals surface area (Å²) < 4.78 is 33.5. The van der Waals surface area contributed by atoms with Gasteiger partial charge in [-0.1, -0.05) is 24.6 Å². The van der Waals surface area contributed by atoms with Gasteiger partial charge < -0.3 is 9.64 Å². The molecule has 1 amide bonds. The largest absolute Gasteiger partial charge is 0.497 e. The average Bonchev–Trinajstić information content (AvgIpc) is 3.63. The summed E-state index contributed by atoms with van der Waals surface area (Å²) in [5.74, 6) is 0.670. The van der Waals surface area contributed by atoms with Gasteiger partial charge in [-0.25, -0.2) is 8.42 Å². The summed E-state index contributed by atoms with van der Waals surface area (Å²) in [4.78, 5) is 15.7. The molecule has 6 nitrogen and oxygen atoms in total. The van der Waals surface area contributed by atoms with Gasteiger partial charge in [-0.3, -0.25) is 4.79 Å². The van der Waals surface area contributed by atoms with E-state index < -0.39 is 10.0 Å². The van der Waals surface area contributed by atoms with Crippen molar-refractivity contribution in [3.05, 3.63) is 59.2 Å². The maximum atomic E-state index is 13.6. The van der Waals surface area contributed by atoms with Crippen LogP contribution >= 0.6 is 0 Å². The molecule has 1 atom stereocenters. The Labute approximate surface area is 191 Å². The third kappa shape index (κ3) is 4.69. The molecule has 172 valence electrons. The number of carbonyl (C=O) groups excluding carboxylic acids is 1. The molecule has 1 saturated carbocycles. The topological polar surface area (TPSA) is 66.9 Å². The van der Waals surface area contributed by atoms with Crippen LogP contribution in [0.4, 0.5) is 0 Å². The van der Waals surface area contributed by atoms with Crippen molar-refractivity contribution in [2.24, 2.45) is 0 Å². The summed E-state index contributed by atoms with van der Waals surface area (Å²) in [6.07, 6.45) is 4.74. The van der Waals surface area contributed by atoms with Crippen molar-refractivity contribution in [3.8, 4) is 5.75 Å². The molecule has 32 heavy (non-hydrogen) atoms. The molecule has 0 N–H and O–H groups in total. The Morgan fingerprint density at radius 1 is 1.09 bits per heavy atom. The molecule has 4 rings (SSSR count). The Balaban J connectivity index is 1.62. The lowest BCUT2D eigenvalue weighted by Crippen LogP contribution is -2.42. The Morgan fingerprint density at radius 3 is 2.44 bits per heavy atom. The molecule has 0 spiro atoms. The number of piperidine rings is 1. The number of hydrogen-bond acceptors (Lipinski definition) is 4. The van der Waals surface area contributed by atoms with E-state index in [0.29, 0.717) is 18.7 Å². The normalized spacial score (nSPS) is 19.5. The van der Waals surface area contributed by atoms with Crippen molar-refractivity contribution in [1.82, 2.24) is 9.21 Å². The van der Waals surface area contributed by atoms with Gasteiger partial charge in [-0.15, -0.1) is 0 Å². The Bertz CT molecular complexity index is 1080. The lowest BCUT2D eigenvalue weighted by atomic mass is 10.1. The first-order valence-corrected chi connectivity index (χ1v) is 12.8. The number of methoxy groups -OCH3 is 1. The molecule has 2 aliphatic rings. The highest BCUT2D eigenvalue weighted by Crippen LogP contribution is 2.32. The van der Waals surface area contributed by atoms with Crippen molar-refractivity contribution in [2.75, 3.05) is 13.7 Å². The molecule has 0 radical (unpaired) electrons. The standard InChI is InChI=1S/C25H32N2O4S/c1-18-7-14-23(32(29,30)27-15-5-4-6-19(27)2)16-24(18)25(28)26(21-10-11-21)17-20-8-12-22(31-3)13-9-20/h7-9,12-14,16,19,21H,4-6,10-11,15,17H2,1-3H3. The van der Waals surface area contributed by atoms with Crippen molar-refractivity contribution in [2.45, 2.75) is 69.5 Å². The molecule has 1 aliphatic heterocycles. The molecule has 1 unspecified atom stereocenters. The summed E-state index contributed by atoms with van der Waals surface area (Å²) in [6, 6.07) is 12.9. The number of aryl methyl sites for hydroxylation is 1. The lowest BCUT2D eigenvalue weighted by molar-refractivity contribution is 0.0729. The third-order valence-electron chi connectivity index (χ3n) is 6.55. The molecule has 0 bridgehead atoms. The number of nitrogens with zero attached hydrogens (tertiary/aromatic N) is 2. The minimum atomic E-state index is -3.63. The van der Waals surface area contributed by atoms with Crippen LogP contribution in [0.2, 0.25) is 0 Å². The van der Waals surface area contributed by atoms with E-state index in [4.69, 9.17) is 4.74 Å². The monoisotopic (exact) mass is 456 g/mol. The summed E-state index contributed by atoms with van der Waals surface area (Å²) in [5, 5.41) is 0. The molecule has 0 aromatic heterocycles. The van der Waals surface area contributed by atoms with Crippen LogP contribution in [0.1, 0.15) is 60.5 Å². The average molecular weight is 457 g/mol. The predicted octanol–water partition coefficient (Wildman–Crippen LogP) is 4.37. The number of sulfonamides is 1. The van der Waals surface area contributed by atoms with Crippen LogP contribution in [0.3, 0.4) is 0 Å². The molecule has 1 aliphatic carbocycles. The van der Waals surface area contributed by atoms with E-state index in [0.717, 1.165) is 49.0 Å². The fraction of sp³-hybridized carbons (Fsp3) is 0.480. The Morgan fingerprint density at radius 2 is 1.81 bits per heavy atom. The molecule has 2 aromatic carbocycles. The first-order valence-electron chi connectivity index (χ1n) is 11.4. The van der Waals surface area contributed by atoms with Crippen LogP contribution in [0.25, 0.3) is 0 Å². The van der Waals surface area contributed by atoms with Gasteiger partial charge in [0.15, 0.2) is 0 Å². The highest BCUT2D eigenvalue weighted by Gasteiger charge is 2.35. The smallest absolute Gasteiger partial charge is 0.254 e. The molecule has 1 heterocycles. The van der Waals surface area contributed by atoms with Crippen molar-refractivity contribution < 1.29 is 17.9 Å². The Kier molecular flexibility index (Phi) is 6.58. The molecule has 1 saturated heterocycles. The van der Waals surface area contributed by atoms with Crippen LogP contribution < -0.4 is 4.74 Å². The molecule has 2 fully saturated rings. The highest BCUT2D eigenvalue weighted by atomic mass is 32.2. The quantitative estimate of drug-likeness (QED) is 0.620. The van der Waals surface area contributed by atoms with Crippen LogP contribution in [-0.4, -0.2) is 49.3 Å². The lowest BCUT2D eigenvalue weighted by Gasteiger charge is -2.32. The predicted molar refractivity (Wildman–Crippen MR) is 124 cm³/mol. The maximum Gasteiger partial charge on any atom is 0.254 e. The van der Waals surface area contributed by atoms with Gasteiger partial charge in [-0.05, 0) is 74.9 Å². The number of carbonyl (C=O) groups is 1. The molecular weight excluding hydrogens is 424 g/mol. The van der Waals surface area contributed by atoms with E-state index in [1.807, 2.05) is 43.0 Å². The number of benzene rings is 2. The molecule has 7 heteroatoms. The van der Waals surface area contributed by atoms with E-state index in [-0.39, 0.29) is 22.9 Å². The van der Waals surface area contributed by atoms with Crippen LogP contribution in [0, 0.1) is 6.92 Å². The zero-order chi connectivity index (χ0) is 22.9. The number of rotatable bonds is 7. The maximum absolute atomic E-state index is 13.6. The van der Waals surface area contributed by atoms with E-state index >= 15 is 0 Å². The first kappa shape index (κ1) is 22.8. The van der Waals surface area contributed by atoms with Gasteiger partial charge in [0, 0.05) is 30.7 Å². The number of ether oxygens (including phenoxy) is 1. The number of hydrogen-bond donors (Lipinski definition) is 0. The van der Waals surface area contributed by atoms with Crippen LogP contribution in [0.15, 0.2) is 47.4 Å². The van der Waals surface area contributed by atoms with Gasteiger partial charge in [0.25, 0.3) is 5.91 Å². The Hall–Kier alpha value is -2.38. The van der Waals surface area contributed by atoms with E-state index in [2.05, 4.69) is 0 Å². The third-order valence-corrected chi connectivity index (χ3v) is 8.56. The summed E-state index contributed by atoms with van der Waals surface area (Å²) in [7, 11) is -2.00. The van der Waals surface area contributed by atoms with Crippen LogP contribution in [-0.2, 0) is 16.6 Å². The van der Waals surface area contributed by atoms with Crippen LogP contribution in [0.5, 0.6) is 5.75 Å². The second kappa shape index (κ2) is 9.24. The SMILES string of the molecule is COc1ccc(CN(C(=O)c2cc(S(=O)(=O)N3CCCCC3C)ccc2C)C2CC2)cc1. The molecule has 2 aromatic rings. The fourth-order valence-corrected chi connectivity index (χ4v) is 6.12. The van der Waals surface area contributed by atoms with E-state index in [9.17, 15) is 13.2 Å². The summed E-state index contributed by atoms with van der Waals surface area (Å²) in [6.45, 7) is 4.85. The second-order valence-corrected chi connectivity index (χ2v) is 10.8. The minimum Gasteiger partial charge on any atom is -0.497 e. The minimum absolute atomic E-state index is 0.0211. The van der Waals surface area contributed by atoms with Crippen molar-refractivity contribution in [3.63, 3.8) is 0 Å². The number of amides is 1. The van der Waals surface area contributed by atoms with E-state index in [1.165, 1.54) is 0 Å². The summed E-state index contributed by atoms with van der Waals surface area (Å²) >= 11 is 0.